The number of benzene rings is 8. The minimum Gasteiger partial charge on any atom is -0.481 e. The number of rotatable bonds is 7. The lowest BCUT2D eigenvalue weighted by Gasteiger charge is -2.37. The van der Waals surface area contributed by atoms with Crippen molar-refractivity contribution in [3.8, 4) is 22.3 Å². The van der Waals surface area contributed by atoms with E-state index in [1.165, 1.54) is 22.3 Å². The second kappa shape index (κ2) is 13.1. The van der Waals surface area contributed by atoms with Gasteiger partial charge in [0.25, 0.3) is 0 Å². The number of nitrogens with zero attached hydrogens (tertiary/aromatic N) is 2. The van der Waals surface area contributed by atoms with Crippen molar-refractivity contribution in [1.82, 2.24) is 0 Å². The van der Waals surface area contributed by atoms with Gasteiger partial charge in [0, 0.05) is 50.8 Å². The Morgan fingerprint density at radius 2 is 0.722 bits per heavy atom. The van der Waals surface area contributed by atoms with Crippen LogP contribution in [0, 0.1) is 0 Å². The van der Waals surface area contributed by atoms with Crippen molar-refractivity contribution in [1.29, 1.82) is 0 Å². The lowest BCUT2D eigenvalue weighted by molar-refractivity contribution is 0.100. The van der Waals surface area contributed by atoms with Crippen LogP contribution in [0.4, 0.5) is 34.1 Å². The summed E-state index contributed by atoms with van der Waals surface area (Å²) in [6.07, 6.45) is 3.95. The first-order valence-electron chi connectivity index (χ1n) is 18.4. The van der Waals surface area contributed by atoms with Crippen molar-refractivity contribution >= 4 is 40.2 Å². The highest BCUT2D eigenvalue weighted by Crippen LogP contribution is 2.56. The van der Waals surface area contributed by atoms with Gasteiger partial charge < -0.3 is 14.5 Å². The number of hydrogen-bond donors (Lipinski definition) is 0. The summed E-state index contributed by atoms with van der Waals surface area (Å²) in [6, 6.07) is 73.5. The predicted molar refractivity (Wildman–Crippen MR) is 223 cm³/mol. The van der Waals surface area contributed by atoms with Crippen molar-refractivity contribution in [2.45, 2.75) is 5.60 Å². The summed E-state index contributed by atoms with van der Waals surface area (Å²) in [7, 11) is 0. The van der Waals surface area contributed by atoms with Crippen LogP contribution < -0.4 is 9.80 Å². The van der Waals surface area contributed by atoms with Crippen molar-refractivity contribution in [2.75, 3.05) is 9.80 Å². The van der Waals surface area contributed by atoms with Gasteiger partial charge in [0.1, 0.15) is 0 Å². The molecule has 8 aromatic carbocycles. The summed E-state index contributed by atoms with van der Waals surface area (Å²) in [6.45, 7) is 0. The average Bonchev–Trinajstić information content (AvgIpc) is 3.53. The molecule has 0 saturated carbocycles. The highest BCUT2D eigenvalue weighted by Gasteiger charge is 2.48. The van der Waals surface area contributed by atoms with Crippen molar-refractivity contribution in [3.05, 3.63) is 235 Å². The molecular formula is C51H36N2O. The van der Waals surface area contributed by atoms with Crippen molar-refractivity contribution < 1.29 is 4.74 Å². The summed E-state index contributed by atoms with van der Waals surface area (Å²) >= 11 is 0. The van der Waals surface area contributed by atoms with Gasteiger partial charge in [-0.05, 0) is 107 Å². The molecule has 256 valence electrons. The van der Waals surface area contributed by atoms with Gasteiger partial charge in [0.15, 0.2) is 5.60 Å². The molecule has 10 rings (SSSR count). The van der Waals surface area contributed by atoms with E-state index >= 15 is 0 Å². The molecule has 0 fully saturated rings. The van der Waals surface area contributed by atoms with Crippen LogP contribution in [0.15, 0.2) is 213 Å². The Morgan fingerprint density at radius 1 is 0.333 bits per heavy atom. The van der Waals surface area contributed by atoms with E-state index in [-0.39, 0.29) is 0 Å². The Balaban J connectivity index is 1.03. The zero-order chi connectivity index (χ0) is 35.9. The van der Waals surface area contributed by atoms with Gasteiger partial charge in [-0.25, -0.2) is 0 Å². The first-order chi connectivity index (χ1) is 26.8. The minimum absolute atomic E-state index is 0.734. The van der Waals surface area contributed by atoms with Crippen LogP contribution in [0.5, 0.6) is 0 Å². The normalized spacial score (nSPS) is 13.0. The predicted octanol–water partition coefficient (Wildman–Crippen LogP) is 13.6. The van der Waals surface area contributed by atoms with E-state index in [9.17, 15) is 0 Å². The highest BCUT2D eigenvalue weighted by atomic mass is 16.5. The van der Waals surface area contributed by atoms with Gasteiger partial charge in [-0.1, -0.05) is 133 Å². The van der Waals surface area contributed by atoms with Gasteiger partial charge >= 0.3 is 0 Å². The zero-order valence-electron chi connectivity index (χ0n) is 29.6. The smallest absolute Gasteiger partial charge is 0.185 e. The van der Waals surface area contributed by atoms with E-state index in [0.717, 1.165) is 56.4 Å². The molecule has 0 bridgehead atoms. The van der Waals surface area contributed by atoms with Gasteiger partial charge in [-0.2, -0.15) is 0 Å². The molecule has 3 nitrogen and oxygen atoms in total. The van der Waals surface area contributed by atoms with E-state index in [2.05, 4.69) is 222 Å². The first kappa shape index (κ1) is 31.6. The topological polar surface area (TPSA) is 15.7 Å². The maximum Gasteiger partial charge on any atom is 0.185 e. The maximum absolute atomic E-state index is 6.79. The fourth-order valence-corrected chi connectivity index (χ4v) is 8.25. The fourth-order valence-electron chi connectivity index (χ4n) is 8.25. The molecule has 8 aromatic rings. The van der Waals surface area contributed by atoms with Crippen LogP contribution >= 0.6 is 0 Å². The fraction of sp³-hybridized carbons (Fsp3) is 0.0196. The summed E-state index contributed by atoms with van der Waals surface area (Å²) in [5.74, 6) is 0. The van der Waals surface area contributed by atoms with Crippen LogP contribution in [-0.2, 0) is 10.3 Å². The Labute approximate surface area is 316 Å². The van der Waals surface area contributed by atoms with E-state index in [4.69, 9.17) is 4.74 Å². The first-order valence-corrected chi connectivity index (χ1v) is 18.4. The van der Waals surface area contributed by atoms with E-state index in [1.54, 1.807) is 0 Å². The molecule has 0 atom stereocenters. The van der Waals surface area contributed by atoms with Crippen LogP contribution in [0.25, 0.3) is 28.3 Å². The van der Waals surface area contributed by atoms with Crippen LogP contribution in [0.1, 0.15) is 22.3 Å². The number of anilines is 6. The van der Waals surface area contributed by atoms with Crippen LogP contribution in [0.3, 0.4) is 0 Å². The molecule has 0 aromatic heterocycles. The molecule has 0 amide bonds. The van der Waals surface area contributed by atoms with Crippen LogP contribution in [-0.4, -0.2) is 0 Å². The average molecular weight is 693 g/mol. The molecule has 0 unspecified atom stereocenters. The molecule has 1 spiro atoms. The summed E-state index contributed by atoms with van der Waals surface area (Å²) in [4.78, 5) is 4.63. The molecule has 0 N–H and O–H groups in total. The van der Waals surface area contributed by atoms with Crippen molar-refractivity contribution in [3.63, 3.8) is 0 Å². The quantitative estimate of drug-likeness (QED) is 0.165. The molecule has 0 saturated heterocycles. The highest BCUT2D eigenvalue weighted by molar-refractivity contribution is 5.86. The lowest BCUT2D eigenvalue weighted by Crippen LogP contribution is -2.31. The number of hydrogen-bond acceptors (Lipinski definition) is 3. The Kier molecular flexibility index (Phi) is 7.70. The maximum atomic E-state index is 6.79. The molecule has 1 aliphatic carbocycles. The number of fused-ring (bicyclic) bond motifs is 7. The molecule has 54 heavy (non-hydrogen) atoms. The Morgan fingerprint density at radius 3 is 1.20 bits per heavy atom. The van der Waals surface area contributed by atoms with Gasteiger partial charge in [-0.3, -0.25) is 0 Å². The molecular weight excluding hydrogens is 657 g/mol. The lowest BCUT2D eigenvalue weighted by atomic mass is 9.80. The van der Waals surface area contributed by atoms with E-state index in [0.29, 0.717) is 0 Å². The summed E-state index contributed by atoms with van der Waals surface area (Å²) in [5, 5.41) is 0. The SMILES string of the molecule is C1=Cc2ccc(N(c3ccccc3)c3ccc(-c4ccc(N(c5ccccc5)c5ccccc5)cc4)cc3)cc2C2(O1)c1ccccc1-c1ccccc12. The molecule has 1 aliphatic heterocycles. The third-order valence-corrected chi connectivity index (χ3v) is 10.7. The molecule has 3 heteroatoms. The number of ether oxygens (including phenoxy) is 1. The van der Waals surface area contributed by atoms with E-state index < -0.39 is 5.60 Å². The second-order valence-electron chi connectivity index (χ2n) is 13.7. The molecule has 2 aliphatic rings. The van der Waals surface area contributed by atoms with Gasteiger partial charge in [0.2, 0.25) is 0 Å². The third kappa shape index (κ3) is 5.21. The Bertz CT molecular complexity index is 2530. The zero-order valence-corrected chi connectivity index (χ0v) is 29.6. The van der Waals surface area contributed by atoms with Crippen molar-refractivity contribution in [2.24, 2.45) is 0 Å². The Hall–Kier alpha value is -7.10. The molecule has 1 heterocycles. The standard InChI is InChI=1S/C51H36N2O/c1-4-14-40(15-5-1)52(41-16-6-2-7-17-41)43-29-24-37(25-30-43)38-26-31-44(32-27-38)53(42-18-8-3-9-19-42)45-33-28-39-34-35-54-51(50(39)36-45)48-22-12-10-20-46(48)47-21-11-13-23-49(47)51/h1-36H. The van der Waals surface area contributed by atoms with Crippen LogP contribution in [0.2, 0.25) is 0 Å². The van der Waals surface area contributed by atoms with Gasteiger partial charge in [-0.15, -0.1) is 0 Å². The second-order valence-corrected chi connectivity index (χ2v) is 13.7. The molecule has 0 radical (unpaired) electrons. The number of para-hydroxylation sites is 3. The summed E-state index contributed by atoms with van der Waals surface area (Å²) in [5.41, 5.74) is 15.3. The van der Waals surface area contributed by atoms with Gasteiger partial charge in [0.05, 0.1) is 6.26 Å². The minimum atomic E-state index is -0.734. The summed E-state index contributed by atoms with van der Waals surface area (Å²) < 4.78 is 6.79. The van der Waals surface area contributed by atoms with E-state index in [1.807, 2.05) is 6.26 Å². The monoisotopic (exact) mass is 692 g/mol. The third-order valence-electron chi connectivity index (χ3n) is 10.7. The largest absolute Gasteiger partial charge is 0.481 e.